The van der Waals surface area contributed by atoms with Gasteiger partial charge >= 0.3 is 11.9 Å². The third-order valence-electron chi connectivity index (χ3n) is 3.41. The molecule has 0 radical (unpaired) electrons. The van der Waals surface area contributed by atoms with Crippen LogP contribution in [0.4, 0.5) is 5.00 Å². The summed E-state index contributed by atoms with van der Waals surface area (Å²) < 4.78 is 10.5. The third kappa shape index (κ3) is 4.35. The first-order chi connectivity index (χ1) is 11.2. The minimum Gasteiger partial charge on any atom is -0.459 e. The topological polar surface area (TPSA) is 81.7 Å². The largest absolute Gasteiger partial charge is 0.459 e. The molecule has 1 aromatic rings. The van der Waals surface area contributed by atoms with E-state index in [1.807, 2.05) is 0 Å². The van der Waals surface area contributed by atoms with Crippen molar-refractivity contribution in [2.24, 2.45) is 5.92 Å². The Morgan fingerprint density at radius 2 is 1.58 bits per heavy atom. The number of anilines is 1. The molecule has 0 bridgehead atoms. The first kappa shape index (κ1) is 18.4. The predicted octanol–water partition coefficient (Wildman–Crippen LogP) is 3.54. The molecule has 1 aromatic heterocycles. The summed E-state index contributed by atoms with van der Waals surface area (Å²) in [6.45, 7) is 8.66. The van der Waals surface area contributed by atoms with Crippen molar-refractivity contribution >= 4 is 34.2 Å². The average molecular weight is 353 g/mol. The second kappa shape index (κ2) is 7.34. The minimum absolute atomic E-state index is 0.00700. The molecule has 132 valence electrons. The number of ether oxygens (including phenoxy) is 2. The van der Waals surface area contributed by atoms with E-state index in [4.69, 9.17) is 9.47 Å². The number of carbonyl (C=O) groups excluding carboxylic acids is 3. The number of hydrogen-bond donors (Lipinski definition) is 1. The zero-order valence-corrected chi connectivity index (χ0v) is 15.4. The smallest absolute Gasteiger partial charge is 0.348 e. The van der Waals surface area contributed by atoms with E-state index in [1.54, 1.807) is 34.6 Å². The van der Waals surface area contributed by atoms with Gasteiger partial charge in [-0.3, -0.25) is 4.79 Å². The molecule has 7 heteroatoms. The third-order valence-corrected chi connectivity index (χ3v) is 4.59. The molecule has 0 unspecified atom stereocenters. The lowest BCUT2D eigenvalue weighted by atomic mass is 10.1. The van der Waals surface area contributed by atoms with Gasteiger partial charge in [0.2, 0.25) is 5.91 Å². The van der Waals surface area contributed by atoms with Crippen LogP contribution in [0.5, 0.6) is 0 Å². The molecule has 1 amide bonds. The maximum atomic E-state index is 12.4. The number of nitrogens with one attached hydrogen (secondary N) is 1. The van der Waals surface area contributed by atoms with Crippen molar-refractivity contribution in [3.8, 4) is 0 Å². The number of esters is 2. The molecular weight excluding hydrogens is 330 g/mol. The highest BCUT2D eigenvalue weighted by Crippen LogP contribution is 2.37. The Bertz CT molecular complexity index is 658. The predicted molar refractivity (Wildman–Crippen MR) is 91.5 cm³/mol. The van der Waals surface area contributed by atoms with Gasteiger partial charge in [-0.05, 0) is 53.0 Å². The molecule has 2 rings (SSSR count). The van der Waals surface area contributed by atoms with Gasteiger partial charge in [-0.15, -0.1) is 11.3 Å². The SMILES string of the molecule is Cc1c(C(=O)OC(C)C)sc(NC(=O)C2CC2)c1C(=O)OC(C)C. The lowest BCUT2D eigenvalue weighted by Gasteiger charge is -2.10. The van der Waals surface area contributed by atoms with Crippen LogP contribution in [0.2, 0.25) is 0 Å². The molecule has 1 N–H and O–H groups in total. The van der Waals surface area contributed by atoms with E-state index in [2.05, 4.69) is 5.32 Å². The van der Waals surface area contributed by atoms with Gasteiger partial charge in [-0.1, -0.05) is 0 Å². The van der Waals surface area contributed by atoms with Gasteiger partial charge in [0.25, 0.3) is 0 Å². The van der Waals surface area contributed by atoms with E-state index in [1.165, 1.54) is 0 Å². The summed E-state index contributed by atoms with van der Waals surface area (Å²) in [6.07, 6.45) is 1.14. The molecule has 0 spiro atoms. The average Bonchev–Trinajstić information content (AvgIpc) is 3.22. The molecule has 1 saturated carbocycles. The van der Waals surface area contributed by atoms with E-state index >= 15 is 0 Å². The van der Waals surface area contributed by atoms with Crippen LogP contribution in [0.1, 0.15) is 66.1 Å². The van der Waals surface area contributed by atoms with Gasteiger partial charge in [0.05, 0.1) is 17.8 Å². The summed E-state index contributed by atoms with van der Waals surface area (Å²) in [5, 5.41) is 3.12. The molecular formula is C17H23NO5S. The van der Waals surface area contributed by atoms with E-state index in [0.717, 1.165) is 24.2 Å². The van der Waals surface area contributed by atoms with Gasteiger partial charge in [0.1, 0.15) is 9.88 Å². The Morgan fingerprint density at radius 3 is 2.08 bits per heavy atom. The standard InChI is InChI=1S/C17H23NO5S/c1-8(2)22-16(20)12-10(5)13(17(21)23-9(3)4)24-15(12)18-14(19)11-6-7-11/h8-9,11H,6-7H2,1-5H3,(H,18,19). The molecule has 1 heterocycles. The number of hydrogen-bond acceptors (Lipinski definition) is 6. The molecule has 24 heavy (non-hydrogen) atoms. The Balaban J connectivity index is 2.36. The van der Waals surface area contributed by atoms with E-state index in [9.17, 15) is 14.4 Å². The van der Waals surface area contributed by atoms with Crippen molar-refractivity contribution in [3.63, 3.8) is 0 Å². The summed E-state index contributed by atoms with van der Waals surface area (Å²) in [7, 11) is 0. The van der Waals surface area contributed by atoms with Crippen molar-refractivity contribution in [2.75, 3.05) is 5.32 Å². The number of thiophene rings is 1. The fourth-order valence-electron chi connectivity index (χ4n) is 2.14. The first-order valence-electron chi connectivity index (χ1n) is 8.06. The van der Waals surface area contributed by atoms with E-state index in [-0.39, 0.29) is 29.6 Å². The van der Waals surface area contributed by atoms with Crippen LogP contribution in [0.25, 0.3) is 0 Å². The monoisotopic (exact) mass is 353 g/mol. The van der Waals surface area contributed by atoms with Crippen molar-refractivity contribution in [3.05, 3.63) is 16.0 Å². The van der Waals surface area contributed by atoms with Crippen LogP contribution in [-0.2, 0) is 14.3 Å². The van der Waals surface area contributed by atoms with Crippen LogP contribution in [0, 0.1) is 12.8 Å². The summed E-state index contributed by atoms with van der Waals surface area (Å²) >= 11 is 1.06. The highest BCUT2D eigenvalue weighted by atomic mass is 32.1. The van der Waals surface area contributed by atoms with Crippen LogP contribution < -0.4 is 5.32 Å². The summed E-state index contributed by atoms with van der Waals surface area (Å²) in [5.41, 5.74) is 0.709. The van der Waals surface area contributed by atoms with Crippen LogP contribution >= 0.6 is 11.3 Å². The highest BCUT2D eigenvalue weighted by Gasteiger charge is 2.33. The number of amides is 1. The normalized spacial score (nSPS) is 14.0. The number of carbonyl (C=O) groups is 3. The summed E-state index contributed by atoms with van der Waals surface area (Å²) in [5.74, 6) is -1.18. The molecule has 0 atom stereocenters. The number of rotatable bonds is 6. The Kier molecular flexibility index (Phi) is 5.64. The Morgan fingerprint density at radius 1 is 1.04 bits per heavy atom. The zero-order valence-electron chi connectivity index (χ0n) is 14.6. The molecule has 1 fully saturated rings. The second-order valence-corrected chi connectivity index (χ2v) is 7.45. The minimum atomic E-state index is -0.548. The van der Waals surface area contributed by atoms with Gasteiger partial charge in [0, 0.05) is 5.92 Å². The summed E-state index contributed by atoms with van der Waals surface area (Å²) in [4.78, 5) is 37.0. The molecule has 0 aliphatic heterocycles. The molecule has 0 aromatic carbocycles. The van der Waals surface area contributed by atoms with E-state index < -0.39 is 11.9 Å². The van der Waals surface area contributed by atoms with Crippen LogP contribution in [-0.4, -0.2) is 30.1 Å². The van der Waals surface area contributed by atoms with Crippen molar-refractivity contribution in [1.82, 2.24) is 0 Å². The van der Waals surface area contributed by atoms with Crippen LogP contribution in [0.3, 0.4) is 0 Å². The highest BCUT2D eigenvalue weighted by molar-refractivity contribution is 7.18. The summed E-state index contributed by atoms with van der Waals surface area (Å²) in [6, 6.07) is 0. The maximum absolute atomic E-state index is 12.4. The lowest BCUT2D eigenvalue weighted by Crippen LogP contribution is -2.17. The lowest BCUT2D eigenvalue weighted by molar-refractivity contribution is -0.117. The molecule has 1 aliphatic rings. The fraction of sp³-hybridized carbons (Fsp3) is 0.588. The van der Waals surface area contributed by atoms with Gasteiger partial charge in [-0.2, -0.15) is 0 Å². The molecule has 1 aliphatic carbocycles. The van der Waals surface area contributed by atoms with Crippen molar-refractivity contribution in [2.45, 2.75) is 59.7 Å². The van der Waals surface area contributed by atoms with E-state index in [0.29, 0.717) is 15.4 Å². The quantitative estimate of drug-likeness (QED) is 0.791. The van der Waals surface area contributed by atoms with Crippen molar-refractivity contribution in [1.29, 1.82) is 0 Å². The van der Waals surface area contributed by atoms with Gasteiger partial charge < -0.3 is 14.8 Å². The first-order valence-corrected chi connectivity index (χ1v) is 8.88. The zero-order chi connectivity index (χ0) is 18.0. The Hall–Kier alpha value is -1.89. The Labute approximate surface area is 145 Å². The maximum Gasteiger partial charge on any atom is 0.348 e. The molecule has 0 saturated heterocycles. The molecule has 6 nitrogen and oxygen atoms in total. The van der Waals surface area contributed by atoms with Gasteiger partial charge in [0.15, 0.2) is 0 Å². The fourth-order valence-corrected chi connectivity index (χ4v) is 3.22. The second-order valence-electron chi connectivity index (χ2n) is 6.43. The van der Waals surface area contributed by atoms with Gasteiger partial charge in [-0.25, -0.2) is 9.59 Å². The van der Waals surface area contributed by atoms with Crippen molar-refractivity contribution < 1.29 is 23.9 Å². The van der Waals surface area contributed by atoms with Crippen LogP contribution in [0.15, 0.2) is 0 Å².